The molecule has 1 saturated carbocycles. The number of hydrogen-bond acceptors (Lipinski definition) is 12. The van der Waals surface area contributed by atoms with Gasteiger partial charge in [0, 0.05) is 12.8 Å². The van der Waals surface area contributed by atoms with Crippen LogP contribution < -0.4 is 0 Å². The second-order valence-electron chi connectivity index (χ2n) is 15.5. The van der Waals surface area contributed by atoms with Crippen LogP contribution in [0.2, 0.25) is 0 Å². The smallest absolute Gasteiger partial charge is 0.462 e. The SMILES string of the molecule is CCCCCCCC/C=C/CCCCCC(=O)OC[C@H](COP(=O)(O)OC1C(O)C(O)C(O)[C@@H](O)C1O)OC(=O)CCCC/C=C/CCCCCCCCCCC. The largest absolute Gasteiger partial charge is 0.472 e. The second-order valence-corrected chi connectivity index (χ2v) is 16.9. The number of carbonyl (C=O) groups excluding carboxylic acids is 2. The van der Waals surface area contributed by atoms with Crippen molar-refractivity contribution in [2.24, 2.45) is 0 Å². The summed E-state index contributed by atoms with van der Waals surface area (Å²) >= 11 is 0. The molecule has 0 saturated heterocycles. The summed E-state index contributed by atoms with van der Waals surface area (Å²) in [5.74, 6) is -1.14. The first-order valence-electron chi connectivity index (χ1n) is 22.1. The third-order valence-corrected chi connectivity index (χ3v) is 11.3. The van der Waals surface area contributed by atoms with Gasteiger partial charge in [-0.3, -0.25) is 18.6 Å². The Balaban J connectivity index is 2.51. The zero-order valence-electron chi connectivity index (χ0n) is 35.1. The molecule has 1 aliphatic rings. The number of aliphatic hydroxyl groups is 5. The lowest BCUT2D eigenvalue weighted by Crippen LogP contribution is -2.64. The molecule has 0 radical (unpaired) electrons. The van der Waals surface area contributed by atoms with E-state index in [2.05, 4.69) is 38.2 Å². The van der Waals surface area contributed by atoms with Gasteiger partial charge in [-0.1, -0.05) is 128 Å². The molecule has 8 atom stereocenters. The molecule has 0 aliphatic heterocycles. The molecule has 0 amide bonds. The molecule has 13 nitrogen and oxygen atoms in total. The maximum Gasteiger partial charge on any atom is 0.472 e. The van der Waals surface area contributed by atoms with E-state index in [-0.39, 0.29) is 12.8 Å². The van der Waals surface area contributed by atoms with Crippen LogP contribution >= 0.6 is 7.82 Å². The summed E-state index contributed by atoms with van der Waals surface area (Å²) < 4.78 is 33.4. The van der Waals surface area contributed by atoms with E-state index in [1.165, 1.54) is 96.3 Å². The summed E-state index contributed by atoms with van der Waals surface area (Å²) in [5.41, 5.74) is 0. The highest BCUT2D eigenvalue weighted by atomic mass is 31.2. The fourth-order valence-electron chi connectivity index (χ4n) is 6.63. The van der Waals surface area contributed by atoms with Gasteiger partial charge in [0.05, 0.1) is 6.61 Å². The molecule has 1 aliphatic carbocycles. The van der Waals surface area contributed by atoms with Crippen LogP contribution in [0.5, 0.6) is 0 Å². The molecule has 1 rings (SSSR count). The van der Waals surface area contributed by atoms with Crippen LogP contribution in [-0.4, -0.2) is 98.3 Å². The molecule has 14 heteroatoms. The zero-order valence-corrected chi connectivity index (χ0v) is 36.0. The van der Waals surface area contributed by atoms with Gasteiger partial charge in [0.25, 0.3) is 0 Å². The third kappa shape index (κ3) is 26.9. The molecule has 57 heavy (non-hydrogen) atoms. The summed E-state index contributed by atoms with van der Waals surface area (Å²) in [7, 11) is -5.12. The number of aliphatic hydroxyl groups excluding tert-OH is 5. The number of rotatable bonds is 36. The Labute approximate surface area is 343 Å². The number of carbonyl (C=O) groups is 2. The van der Waals surface area contributed by atoms with Crippen LogP contribution in [0.4, 0.5) is 0 Å². The second kappa shape index (κ2) is 34.1. The van der Waals surface area contributed by atoms with E-state index in [1.807, 2.05) is 0 Å². The van der Waals surface area contributed by atoms with Crippen molar-refractivity contribution >= 4 is 19.8 Å². The number of unbranched alkanes of at least 4 members (excludes halogenated alkanes) is 20. The Morgan fingerprint density at radius 1 is 0.526 bits per heavy atom. The first-order valence-corrected chi connectivity index (χ1v) is 23.6. The van der Waals surface area contributed by atoms with Gasteiger partial charge in [-0.25, -0.2) is 4.57 Å². The van der Waals surface area contributed by atoms with Gasteiger partial charge in [-0.05, 0) is 64.2 Å². The Morgan fingerprint density at radius 2 is 0.895 bits per heavy atom. The molecular formula is C43H79O13P. The third-order valence-electron chi connectivity index (χ3n) is 10.3. The first kappa shape index (κ1) is 53.3. The van der Waals surface area contributed by atoms with Crippen LogP contribution in [0.25, 0.3) is 0 Å². The van der Waals surface area contributed by atoms with E-state index >= 15 is 0 Å². The summed E-state index contributed by atoms with van der Waals surface area (Å²) in [6.45, 7) is 3.25. The lowest BCUT2D eigenvalue weighted by molar-refractivity contribution is -0.220. The number of hydrogen-bond donors (Lipinski definition) is 6. The molecule has 0 aromatic rings. The summed E-state index contributed by atoms with van der Waals surface area (Å²) in [6.07, 6.45) is 22.4. The van der Waals surface area contributed by atoms with Crippen molar-refractivity contribution in [1.29, 1.82) is 0 Å². The average Bonchev–Trinajstić information content (AvgIpc) is 3.19. The summed E-state index contributed by atoms with van der Waals surface area (Å²) in [4.78, 5) is 35.6. The van der Waals surface area contributed by atoms with Crippen LogP contribution in [0.1, 0.15) is 181 Å². The van der Waals surface area contributed by atoms with Crippen molar-refractivity contribution in [3.05, 3.63) is 24.3 Å². The molecular weight excluding hydrogens is 755 g/mol. The summed E-state index contributed by atoms with van der Waals surface area (Å²) in [6, 6.07) is 0. The lowest BCUT2D eigenvalue weighted by atomic mass is 9.85. The molecule has 0 aromatic heterocycles. The van der Waals surface area contributed by atoms with E-state index in [0.717, 1.165) is 44.9 Å². The van der Waals surface area contributed by atoms with Gasteiger partial charge in [-0.15, -0.1) is 0 Å². The van der Waals surface area contributed by atoms with Crippen LogP contribution in [0.3, 0.4) is 0 Å². The predicted octanol–water partition coefficient (Wildman–Crippen LogP) is 8.06. The van der Waals surface area contributed by atoms with Gasteiger partial charge in [0.15, 0.2) is 6.10 Å². The Hall–Kier alpha value is -1.67. The number of phosphoric acid groups is 1. The van der Waals surface area contributed by atoms with Gasteiger partial charge in [0.2, 0.25) is 0 Å². The molecule has 0 heterocycles. The Kier molecular flexibility index (Phi) is 31.9. The van der Waals surface area contributed by atoms with E-state index in [0.29, 0.717) is 12.8 Å². The molecule has 0 bridgehead atoms. The Morgan fingerprint density at radius 3 is 1.37 bits per heavy atom. The van der Waals surface area contributed by atoms with Crippen molar-refractivity contribution in [2.45, 2.75) is 224 Å². The monoisotopic (exact) mass is 835 g/mol. The number of phosphoric ester groups is 1. The molecule has 334 valence electrons. The lowest BCUT2D eigenvalue weighted by Gasteiger charge is -2.41. The number of allylic oxidation sites excluding steroid dienone is 4. The molecule has 0 spiro atoms. The van der Waals surface area contributed by atoms with Crippen molar-refractivity contribution in [3.63, 3.8) is 0 Å². The highest BCUT2D eigenvalue weighted by Gasteiger charge is 2.51. The molecule has 1 fully saturated rings. The highest BCUT2D eigenvalue weighted by Crippen LogP contribution is 2.47. The minimum atomic E-state index is -5.12. The average molecular weight is 835 g/mol. The van der Waals surface area contributed by atoms with Crippen molar-refractivity contribution in [3.8, 4) is 0 Å². The molecule has 0 aromatic carbocycles. The van der Waals surface area contributed by atoms with E-state index in [1.54, 1.807) is 0 Å². The first-order chi connectivity index (χ1) is 27.4. The van der Waals surface area contributed by atoms with E-state index < -0.39 is 75.7 Å². The highest BCUT2D eigenvalue weighted by molar-refractivity contribution is 7.47. The fourth-order valence-corrected chi connectivity index (χ4v) is 7.60. The summed E-state index contributed by atoms with van der Waals surface area (Å²) in [5, 5.41) is 50.0. The van der Waals surface area contributed by atoms with Crippen molar-refractivity contribution in [2.75, 3.05) is 13.2 Å². The maximum absolute atomic E-state index is 12.8. The topological polar surface area (TPSA) is 210 Å². The van der Waals surface area contributed by atoms with Gasteiger partial charge in [0.1, 0.15) is 43.2 Å². The minimum Gasteiger partial charge on any atom is -0.462 e. The van der Waals surface area contributed by atoms with Crippen LogP contribution in [-0.2, 0) is 32.7 Å². The number of ether oxygens (including phenoxy) is 2. The maximum atomic E-state index is 12.8. The van der Waals surface area contributed by atoms with Gasteiger partial charge < -0.3 is 39.9 Å². The van der Waals surface area contributed by atoms with Gasteiger partial charge in [-0.2, -0.15) is 0 Å². The molecule has 6 unspecified atom stereocenters. The normalized spacial score (nSPS) is 22.9. The van der Waals surface area contributed by atoms with Crippen LogP contribution in [0, 0.1) is 0 Å². The van der Waals surface area contributed by atoms with Crippen molar-refractivity contribution < 1.29 is 63.1 Å². The standard InChI is InChI=1S/C43H79O13P/c1-3-5-7-9-11-13-15-17-18-20-22-24-26-28-30-32-37(45)55-35(34-54-57(51,52)56-43-41(49)39(47)38(46)40(48)42(43)50)33-53-36(44)31-29-27-25-23-21-19-16-14-12-10-8-6-4-2/h19,21-22,24,35,38-43,46-50H,3-18,20,23,25-34H2,1-2H3,(H,51,52)/b21-19+,24-22+/t35-,38?,39-,40?,41?,42?,43?/m1/s1. The Bertz CT molecular complexity index is 1100. The van der Waals surface area contributed by atoms with Crippen LogP contribution in [0.15, 0.2) is 24.3 Å². The van der Waals surface area contributed by atoms with Crippen molar-refractivity contribution in [1.82, 2.24) is 0 Å². The molecule has 6 N–H and O–H groups in total. The van der Waals surface area contributed by atoms with E-state index in [9.17, 15) is 44.6 Å². The quantitative estimate of drug-likeness (QED) is 0.0153. The minimum absolute atomic E-state index is 0.0653. The fraction of sp³-hybridized carbons (Fsp3) is 0.860. The van der Waals surface area contributed by atoms with E-state index in [4.69, 9.17) is 18.5 Å². The zero-order chi connectivity index (χ0) is 42.2. The predicted molar refractivity (Wildman–Crippen MR) is 221 cm³/mol. The van der Waals surface area contributed by atoms with Gasteiger partial charge >= 0.3 is 19.8 Å². The number of esters is 2.